The monoisotopic (exact) mass is 380 g/mol. The maximum absolute atomic E-state index is 12.8. The van der Waals surface area contributed by atoms with Crippen LogP contribution in [-0.2, 0) is 14.8 Å². The number of amides is 1. The summed E-state index contributed by atoms with van der Waals surface area (Å²) in [6.07, 6.45) is 8.21. The summed E-state index contributed by atoms with van der Waals surface area (Å²) in [4.78, 5) is 12.8. The van der Waals surface area contributed by atoms with E-state index in [1.165, 1.54) is 23.6 Å². The van der Waals surface area contributed by atoms with E-state index in [1.807, 2.05) is 13.0 Å². The normalized spacial score (nSPS) is 21.9. The van der Waals surface area contributed by atoms with Gasteiger partial charge in [-0.3, -0.25) is 9.10 Å². The van der Waals surface area contributed by atoms with Crippen molar-refractivity contribution >= 4 is 21.6 Å². The van der Waals surface area contributed by atoms with Crippen molar-refractivity contribution in [3.63, 3.8) is 0 Å². The minimum Gasteiger partial charge on any atom is -0.476 e. The molecule has 1 fully saturated rings. The van der Waals surface area contributed by atoms with Gasteiger partial charge < -0.3 is 10.1 Å². The largest absolute Gasteiger partial charge is 0.476 e. The Kier molecular flexibility index (Phi) is 5.75. The third-order valence-corrected chi connectivity index (χ3v) is 6.27. The highest BCUT2D eigenvalue weighted by Crippen LogP contribution is 2.35. The molecule has 1 amide bonds. The van der Waals surface area contributed by atoms with Crippen LogP contribution in [0.1, 0.15) is 50.5 Å². The zero-order valence-corrected chi connectivity index (χ0v) is 16.3. The van der Waals surface area contributed by atoms with Crippen molar-refractivity contribution in [3.05, 3.63) is 23.8 Å². The van der Waals surface area contributed by atoms with Crippen LogP contribution in [0.3, 0.4) is 0 Å². The topological polar surface area (TPSA) is 75.7 Å². The fourth-order valence-electron chi connectivity index (χ4n) is 3.71. The summed E-state index contributed by atoms with van der Waals surface area (Å²) in [7, 11) is -3.49. The first-order valence-corrected chi connectivity index (χ1v) is 11.2. The van der Waals surface area contributed by atoms with Gasteiger partial charge >= 0.3 is 0 Å². The van der Waals surface area contributed by atoms with Gasteiger partial charge in [0.25, 0.3) is 5.91 Å². The number of carbonyl (C=O) groups is 1. The third kappa shape index (κ3) is 4.50. The maximum atomic E-state index is 12.8. The van der Waals surface area contributed by atoms with E-state index in [-0.39, 0.29) is 18.5 Å². The number of rotatable bonds is 3. The first kappa shape index (κ1) is 19.0. The van der Waals surface area contributed by atoms with Crippen LogP contribution in [0.5, 0.6) is 5.75 Å². The SMILES string of the molecule is Cc1ccc2c(c1)N(S(C)(=O)=O)CC(C(=O)NC1CCCCCCC1)O2. The summed E-state index contributed by atoms with van der Waals surface area (Å²) in [6.45, 7) is 1.90. The number of hydrogen-bond acceptors (Lipinski definition) is 4. The van der Waals surface area contributed by atoms with Gasteiger partial charge in [0.15, 0.2) is 6.10 Å². The van der Waals surface area contributed by atoms with Crippen molar-refractivity contribution in [1.82, 2.24) is 5.32 Å². The number of fused-ring (bicyclic) bond motifs is 1. The summed E-state index contributed by atoms with van der Waals surface area (Å²) >= 11 is 0. The predicted molar refractivity (Wildman–Crippen MR) is 102 cm³/mol. The summed E-state index contributed by atoms with van der Waals surface area (Å²) in [5, 5.41) is 3.09. The number of anilines is 1. The third-order valence-electron chi connectivity index (χ3n) is 5.13. The molecule has 1 saturated carbocycles. The summed E-state index contributed by atoms with van der Waals surface area (Å²) in [5.41, 5.74) is 1.45. The van der Waals surface area contributed by atoms with E-state index < -0.39 is 16.1 Å². The molecule has 1 heterocycles. The number of aryl methyl sites for hydroxylation is 1. The molecule has 26 heavy (non-hydrogen) atoms. The van der Waals surface area contributed by atoms with E-state index in [1.54, 1.807) is 12.1 Å². The van der Waals surface area contributed by atoms with Crippen molar-refractivity contribution < 1.29 is 17.9 Å². The zero-order valence-electron chi connectivity index (χ0n) is 15.5. The van der Waals surface area contributed by atoms with Gasteiger partial charge in [0.1, 0.15) is 5.75 Å². The molecule has 1 aliphatic carbocycles. The van der Waals surface area contributed by atoms with E-state index in [0.29, 0.717) is 11.4 Å². The fourth-order valence-corrected chi connectivity index (χ4v) is 4.61. The Morgan fingerprint density at radius 2 is 1.81 bits per heavy atom. The molecule has 6 nitrogen and oxygen atoms in total. The van der Waals surface area contributed by atoms with Crippen LogP contribution in [0.2, 0.25) is 0 Å². The molecule has 1 aliphatic heterocycles. The van der Waals surface area contributed by atoms with Crippen LogP contribution in [0, 0.1) is 6.92 Å². The number of benzene rings is 1. The molecule has 3 rings (SSSR count). The summed E-state index contributed by atoms with van der Waals surface area (Å²) < 4.78 is 31.6. The van der Waals surface area contributed by atoms with Gasteiger partial charge in [0.05, 0.1) is 18.5 Å². The molecule has 1 aromatic rings. The highest BCUT2D eigenvalue weighted by molar-refractivity contribution is 7.92. The maximum Gasteiger partial charge on any atom is 0.263 e. The average molecular weight is 381 g/mol. The minimum absolute atomic E-state index is 0.00778. The molecule has 7 heteroatoms. The lowest BCUT2D eigenvalue weighted by Crippen LogP contribution is -2.52. The molecule has 0 radical (unpaired) electrons. The van der Waals surface area contributed by atoms with Gasteiger partial charge in [-0.2, -0.15) is 0 Å². The van der Waals surface area contributed by atoms with E-state index in [9.17, 15) is 13.2 Å². The van der Waals surface area contributed by atoms with Crippen LogP contribution in [0.25, 0.3) is 0 Å². The molecule has 144 valence electrons. The molecular formula is C19H28N2O4S. The van der Waals surface area contributed by atoms with E-state index in [2.05, 4.69) is 5.32 Å². The average Bonchev–Trinajstić information content (AvgIpc) is 2.55. The quantitative estimate of drug-likeness (QED) is 0.875. The zero-order chi connectivity index (χ0) is 18.7. The Labute approximate surface area is 156 Å². The fraction of sp³-hybridized carbons (Fsp3) is 0.632. The van der Waals surface area contributed by atoms with Crippen LogP contribution in [0.15, 0.2) is 18.2 Å². The van der Waals surface area contributed by atoms with Crippen LogP contribution >= 0.6 is 0 Å². The van der Waals surface area contributed by atoms with Crippen molar-refractivity contribution in [2.24, 2.45) is 0 Å². The van der Waals surface area contributed by atoms with Crippen molar-refractivity contribution in [3.8, 4) is 5.75 Å². The second-order valence-corrected chi connectivity index (χ2v) is 9.33. The minimum atomic E-state index is -3.49. The Bertz CT molecular complexity index is 755. The van der Waals surface area contributed by atoms with Crippen molar-refractivity contribution in [2.75, 3.05) is 17.1 Å². The van der Waals surface area contributed by atoms with Crippen molar-refractivity contribution in [1.29, 1.82) is 0 Å². The molecule has 0 saturated heterocycles. The van der Waals surface area contributed by atoms with Crippen LogP contribution in [-0.4, -0.2) is 39.3 Å². The number of ether oxygens (including phenoxy) is 1. The van der Waals surface area contributed by atoms with Crippen LogP contribution < -0.4 is 14.4 Å². The first-order chi connectivity index (χ1) is 12.3. The summed E-state index contributed by atoms with van der Waals surface area (Å²) in [6, 6.07) is 5.52. The number of nitrogens with zero attached hydrogens (tertiary/aromatic N) is 1. The highest BCUT2D eigenvalue weighted by Gasteiger charge is 2.35. The molecule has 1 atom stereocenters. The number of nitrogens with one attached hydrogen (secondary N) is 1. The lowest BCUT2D eigenvalue weighted by molar-refractivity contribution is -0.128. The number of carbonyl (C=O) groups excluding carboxylic acids is 1. The molecule has 0 aromatic heterocycles. The molecule has 0 spiro atoms. The van der Waals surface area contributed by atoms with Crippen LogP contribution in [0.4, 0.5) is 5.69 Å². The van der Waals surface area contributed by atoms with E-state index in [4.69, 9.17) is 4.74 Å². The second kappa shape index (κ2) is 7.86. The predicted octanol–water partition coefficient (Wildman–Crippen LogP) is 2.75. The Morgan fingerprint density at radius 3 is 2.46 bits per heavy atom. The Hall–Kier alpha value is -1.76. The van der Waals surface area contributed by atoms with Gasteiger partial charge in [-0.05, 0) is 37.5 Å². The molecule has 1 unspecified atom stereocenters. The van der Waals surface area contributed by atoms with Gasteiger partial charge in [-0.1, -0.05) is 38.2 Å². The van der Waals surface area contributed by atoms with Crippen molar-refractivity contribution in [2.45, 2.75) is 64.0 Å². The molecule has 2 aliphatic rings. The van der Waals surface area contributed by atoms with Gasteiger partial charge in [0.2, 0.25) is 10.0 Å². The highest BCUT2D eigenvalue weighted by atomic mass is 32.2. The lowest BCUT2D eigenvalue weighted by Gasteiger charge is -2.35. The molecular weight excluding hydrogens is 352 g/mol. The molecule has 0 bridgehead atoms. The molecule has 1 aromatic carbocycles. The Morgan fingerprint density at radius 1 is 1.15 bits per heavy atom. The van der Waals surface area contributed by atoms with Gasteiger partial charge in [0, 0.05) is 6.04 Å². The standard InChI is InChI=1S/C19H28N2O4S/c1-14-10-11-17-16(12-14)21(26(2,23)24)13-18(25-17)19(22)20-15-8-6-4-3-5-7-9-15/h10-12,15,18H,3-9,13H2,1-2H3,(H,20,22). The second-order valence-electron chi connectivity index (χ2n) is 7.42. The lowest BCUT2D eigenvalue weighted by atomic mass is 9.96. The Balaban J connectivity index is 1.76. The smallest absolute Gasteiger partial charge is 0.263 e. The molecule has 1 N–H and O–H groups in total. The first-order valence-electron chi connectivity index (χ1n) is 9.40. The number of sulfonamides is 1. The van der Waals surface area contributed by atoms with Gasteiger partial charge in [-0.25, -0.2) is 8.42 Å². The van der Waals surface area contributed by atoms with E-state index >= 15 is 0 Å². The van der Waals surface area contributed by atoms with Gasteiger partial charge in [-0.15, -0.1) is 0 Å². The number of hydrogen-bond donors (Lipinski definition) is 1. The van der Waals surface area contributed by atoms with E-state index in [0.717, 1.165) is 37.5 Å². The summed E-state index contributed by atoms with van der Waals surface area (Å²) in [5.74, 6) is 0.209.